The molecule has 6 aliphatic rings. The van der Waals surface area contributed by atoms with Crippen molar-refractivity contribution in [1.82, 2.24) is 0 Å². The molecule has 11 atom stereocenters. The van der Waals surface area contributed by atoms with Gasteiger partial charge in [-0.3, -0.25) is 9.59 Å². The second kappa shape index (κ2) is 9.44. The zero-order valence-electron chi connectivity index (χ0n) is 28.8. The first kappa shape index (κ1) is 31.8. The molecular formula is C36H58O7. The summed E-state index contributed by atoms with van der Waals surface area (Å²) in [5.74, 6) is -0.399. The molecule has 0 amide bonds. The van der Waals surface area contributed by atoms with Crippen molar-refractivity contribution in [2.24, 2.45) is 39.4 Å². The van der Waals surface area contributed by atoms with Crippen LogP contribution in [0.25, 0.3) is 0 Å². The van der Waals surface area contributed by atoms with Crippen LogP contribution in [-0.4, -0.2) is 53.3 Å². The van der Waals surface area contributed by atoms with Gasteiger partial charge in [-0.05, 0) is 107 Å². The van der Waals surface area contributed by atoms with Gasteiger partial charge in [-0.1, -0.05) is 34.6 Å². The fourth-order valence-corrected chi connectivity index (χ4v) is 12.8. The Morgan fingerprint density at radius 2 is 1.47 bits per heavy atom. The summed E-state index contributed by atoms with van der Waals surface area (Å²) in [6.07, 6.45) is 8.26. The van der Waals surface area contributed by atoms with Crippen molar-refractivity contribution in [3.63, 3.8) is 0 Å². The van der Waals surface area contributed by atoms with Crippen molar-refractivity contribution in [2.75, 3.05) is 6.61 Å². The van der Waals surface area contributed by atoms with Gasteiger partial charge in [0.1, 0.15) is 23.4 Å². The van der Waals surface area contributed by atoms with Gasteiger partial charge in [0.25, 0.3) is 0 Å². The molecule has 2 bridgehead atoms. The molecule has 4 aliphatic carbocycles. The first-order valence-corrected chi connectivity index (χ1v) is 17.2. The average molecular weight is 603 g/mol. The third kappa shape index (κ3) is 3.89. The highest BCUT2D eigenvalue weighted by Gasteiger charge is 2.83. The third-order valence-electron chi connectivity index (χ3n) is 14.9. The number of rotatable bonds is 5. The van der Waals surface area contributed by atoms with Crippen molar-refractivity contribution < 1.29 is 33.3 Å². The molecule has 6 fully saturated rings. The van der Waals surface area contributed by atoms with Gasteiger partial charge in [-0.15, -0.1) is 0 Å². The van der Waals surface area contributed by atoms with E-state index in [2.05, 4.69) is 55.4 Å². The van der Waals surface area contributed by atoms with Gasteiger partial charge < -0.3 is 23.7 Å². The number of carbonyl (C=O) groups is 2. The summed E-state index contributed by atoms with van der Waals surface area (Å²) in [5, 5.41) is 0. The monoisotopic (exact) mass is 602 g/mol. The van der Waals surface area contributed by atoms with E-state index < -0.39 is 22.6 Å². The maximum Gasteiger partial charge on any atom is 0.302 e. The van der Waals surface area contributed by atoms with Crippen LogP contribution >= 0.6 is 0 Å². The highest BCUT2D eigenvalue weighted by atomic mass is 16.8. The van der Waals surface area contributed by atoms with Gasteiger partial charge >= 0.3 is 11.9 Å². The Morgan fingerprint density at radius 1 is 0.791 bits per heavy atom. The molecule has 43 heavy (non-hydrogen) atoms. The molecule has 0 aromatic heterocycles. The van der Waals surface area contributed by atoms with Crippen molar-refractivity contribution in [3.05, 3.63) is 0 Å². The van der Waals surface area contributed by atoms with Crippen LogP contribution in [0, 0.1) is 39.4 Å². The molecule has 6 rings (SSSR count). The van der Waals surface area contributed by atoms with Crippen molar-refractivity contribution in [2.45, 2.75) is 169 Å². The van der Waals surface area contributed by atoms with Crippen LogP contribution in [0.15, 0.2) is 0 Å². The van der Waals surface area contributed by atoms with Gasteiger partial charge in [0.2, 0.25) is 0 Å². The summed E-state index contributed by atoms with van der Waals surface area (Å²) < 4.78 is 33.2. The summed E-state index contributed by atoms with van der Waals surface area (Å²) in [7, 11) is 0. The maximum atomic E-state index is 12.8. The number of hydrogen-bond acceptors (Lipinski definition) is 7. The van der Waals surface area contributed by atoms with Gasteiger partial charge in [0.05, 0.1) is 5.60 Å². The topological polar surface area (TPSA) is 80.3 Å². The second-order valence-electron chi connectivity index (χ2n) is 17.3. The van der Waals surface area contributed by atoms with E-state index >= 15 is 0 Å². The lowest BCUT2D eigenvalue weighted by molar-refractivity contribution is -0.303. The summed E-state index contributed by atoms with van der Waals surface area (Å²) in [4.78, 5) is 24.9. The number of fused-ring (bicyclic) bond motifs is 9. The highest BCUT2D eigenvalue weighted by Crippen LogP contribution is 2.79. The van der Waals surface area contributed by atoms with Crippen LogP contribution in [0.1, 0.15) is 134 Å². The van der Waals surface area contributed by atoms with Gasteiger partial charge in [0.15, 0.2) is 5.79 Å². The third-order valence-corrected chi connectivity index (χ3v) is 14.9. The minimum atomic E-state index is -0.815. The van der Waals surface area contributed by atoms with E-state index in [1.165, 1.54) is 6.92 Å². The average Bonchev–Trinajstić information content (AvgIpc) is 3.48. The highest BCUT2D eigenvalue weighted by molar-refractivity contribution is 5.66. The summed E-state index contributed by atoms with van der Waals surface area (Å²) in [5.41, 5.74) is -1.77. The fraction of sp³-hybridized carbons (Fsp3) is 0.944. The van der Waals surface area contributed by atoms with Crippen LogP contribution in [0.5, 0.6) is 0 Å². The summed E-state index contributed by atoms with van der Waals surface area (Å²) in [6.45, 7) is 24.4. The first-order chi connectivity index (χ1) is 19.8. The lowest BCUT2D eigenvalue weighted by atomic mass is 9.35. The summed E-state index contributed by atoms with van der Waals surface area (Å²) in [6, 6.07) is 0. The molecule has 3 unspecified atom stereocenters. The Bertz CT molecular complexity index is 1180. The molecule has 2 saturated heterocycles. The van der Waals surface area contributed by atoms with E-state index in [-0.39, 0.29) is 51.7 Å². The standard InChI is InChI=1S/C36H58O7/c1-12-39-30(6,7)36-20-18-34(11,42-36)35(43-36)19-17-33(10)28(35)24(40-22(2)37)21-26-31(8)15-14-27(41-23(3)38)29(4,5)25(31)13-16-32(26,33)9/h24-28H,12-21H2,1-11H3/t24?,25-,26+,27?,28-,31-,32+,33+,34-,35+,36?/m0/s1. The largest absolute Gasteiger partial charge is 0.462 e. The van der Waals surface area contributed by atoms with E-state index in [0.29, 0.717) is 18.4 Å². The quantitative estimate of drug-likeness (QED) is 0.304. The Hall–Kier alpha value is -1.18. The number of carbonyl (C=O) groups excluding carboxylic acids is 2. The van der Waals surface area contributed by atoms with Crippen molar-refractivity contribution in [1.29, 1.82) is 0 Å². The molecule has 1 spiro atoms. The summed E-state index contributed by atoms with van der Waals surface area (Å²) >= 11 is 0. The van der Waals surface area contributed by atoms with Crippen LogP contribution < -0.4 is 0 Å². The lowest BCUT2D eigenvalue weighted by Crippen LogP contribution is -2.70. The Morgan fingerprint density at radius 3 is 2.09 bits per heavy atom. The normalized spacial score (nSPS) is 51.5. The van der Waals surface area contributed by atoms with E-state index in [1.54, 1.807) is 6.92 Å². The van der Waals surface area contributed by atoms with E-state index in [1.807, 2.05) is 6.92 Å². The SMILES string of the molecule is CCOC(C)(C)C12CC[C@](C)(O1)[C@]1(CC[C@]3(C)[C@@H]1C(OC(C)=O)C[C@@H]1[C@@]4(C)CCC(OC(C)=O)C(C)(C)[C@@H]4CC[C@]13C)O2. The molecule has 2 heterocycles. The van der Waals surface area contributed by atoms with Gasteiger partial charge in [0, 0.05) is 38.2 Å². The first-order valence-electron chi connectivity index (χ1n) is 17.2. The van der Waals surface area contributed by atoms with E-state index in [4.69, 9.17) is 23.7 Å². The molecule has 0 N–H and O–H groups in total. The molecule has 7 nitrogen and oxygen atoms in total. The molecule has 2 aliphatic heterocycles. The minimum absolute atomic E-state index is 0.0281. The zero-order valence-corrected chi connectivity index (χ0v) is 28.8. The molecule has 0 aromatic rings. The number of esters is 2. The van der Waals surface area contributed by atoms with E-state index in [0.717, 1.165) is 57.8 Å². The predicted octanol–water partition coefficient (Wildman–Crippen LogP) is 7.38. The predicted molar refractivity (Wildman–Crippen MR) is 163 cm³/mol. The zero-order chi connectivity index (χ0) is 31.6. The van der Waals surface area contributed by atoms with Crippen molar-refractivity contribution in [3.8, 4) is 0 Å². The molecular weight excluding hydrogens is 544 g/mol. The Kier molecular flexibility index (Phi) is 6.98. The van der Waals surface area contributed by atoms with Crippen LogP contribution in [0.2, 0.25) is 0 Å². The maximum absolute atomic E-state index is 12.8. The number of hydrogen-bond donors (Lipinski definition) is 0. The number of ether oxygens (including phenoxy) is 5. The van der Waals surface area contributed by atoms with E-state index in [9.17, 15) is 9.59 Å². The Balaban J connectivity index is 1.43. The Labute approximate surface area is 259 Å². The molecule has 0 radical (unpaired) electrons. The van der Waals surface area contributed by atoms with Crippen LogP contribution in [0.3, 0.4) is 0 Å². The smallest absolute Gasteiger partial charge is 0.302 e. The minimum Gasteiger partial charge on any atom is -0.462 e. The van der Waals surface area contributed by atoms with Gasteiger partial charge in [-0.2, -0.15) is 0 Å². The van der Waals surface area contributed by atoms with Crippen molar-refractivity contribution >= 4 is 11.9 Å². The molecule has 244 valence electrons. The van der Waals surface area contributed by atoms with Crippen LogP contribution in [-0.2, 0) is 33.3 Å². The molecule has 0 aromatic carbocycles. The molecule has 7 heteroatoms. The lowest BCUT2D eigenvalue weighted by Gasteiger charge is -2.71. The molecule has 4 saturated carbocycles. The fourth-order valence-electron chi connectivity index (χ4n) is 12.8. The van der Waals surface area contributed by atoms with Gasteiger partial charge in [-0.25, -0.2) is 0 Å². The van der Waals surface area contributed by atoms with Crippen LogP contribution in [0.4, 0.5) is 0 Å². The second-order valence-corrected chi connectivity index (χ2v) is 17.3.